The lowest BCUT2D eigenvalue weighted by Gasteiger charge is -2.45. The number of oxime groups is 2. The van der Waals surface area contributed by atoms with Gasteiger partial charge >= 0.3 is 15.5 Å². The van der Waals surface area contributed by atoms with E-state index in [0.29, 0.717) is 57.2 Å². The average Bonchev–Trinajstić information content (AvgIpc) is 1.84. The Labute approximate surface area is 513 Å². The van der Waals surface area contributed by atoms with Crippen LogP contribution in [-0.2, 0) is 66.0 Å². The second-order valence-corrected chi connectivity index (χ2v) is 28.3. The summed E-state index contributed by atoms with van der Waals surface area (Å²) in [5, 5.41) is 36.7. The predicted molar refractivity (Wildman–Crippen MR) is 311 cm³/mol. The first-order valence-electron chi connectivity index (χ1n) is 24.0. The fraction of sp³-hybridized carbons (Fsp3) is 0.273. The van der Waals surface area contributed by atoms with Gasteiger partial charge in [0.2, 0.25) is 45.1 Å². The first-order chi connectivity index (χ1) is 40.4. The molecule has 2 fully saturated rings. The van der Waals surface area contributed by atoms with Crippen molar-refractivity contribution in [3.05, 3.63) is 92.7 Å². The molecular formula is C44H44N16O15P2S8. The molecule has 31 nitrogen and oxygen atoms in total. The van der Waals surface area contributed by atoms with E-state index in [0.717, 1.165) is 31.2 Å². The molecule has 10 heterocycles. The van der Waals surface area contributed by atoms with Crippen LogP contribution in [0.4, 0.5) is 10.3 Å². The quantitative estimate of drug-likeness (QED) is 0.0185. The van der Waals surface area contributed by atoms with Crippen molar-refractivity contribution in [3.63, 3.8) is 0 Å². The number of fused-ring (bicyclic) bond motifs is 2. The molecule has 0 bridgehead atoms. The number of nitrogens with one attached hydrogen (secondary N) is 2. The summed E-state index contributed by atoms with van der Waals surface area (Å²) in [6, 6.07) is 7.93. The van der Waals surface area contributed by atoms with Crippen molar-refractivity contribution >= 4 is 166 Å². The minimum Gasteiger partial charge on any atom is -0.543 e. The Balaban J connectivity index is 0.000000169. The zero-order valence-corrected chi connectivity index (χ0v) is 52.4. The van der Waals surface area contributed by atoms with Gasteiger partial charge in [0.25, 0.3) is 11.8 Å². The maximum atomic E-state index is 12.3. The van der Waals surface area contributed by atoms with E-state index in [4.69, 9.17) is 21.1 Å². The number of thioether (sulfide) groups is 4. The van der Waals surface area contributed by atoms with E-state index in [1.165, 1.54) is 56.0 Å². The highest BCUT2D eigenvalue weighted by Crippen LogP contribution is 2.58. The van der Waals surface area contributed by atoms with Crippen molar-refractivity contribution in [3.8, 4) is 22.5 Å². The monoisotopic (exact) mass is 1350 g/mol. The third-order valence-electron chi connectivity index (χ3n) is 11.0. The van der Waals surface area contributed by atoms with Crippen molar-refractivity contribution in [1.82, 2.24) is 38.5 Å². The lowest BCUT2D eigenvalue weighted by Crippen LogP contribution is -2.55. The van der Waals surface area contributed by atoms with Crippen LogP contribution in [0.3, 0.4) is 0 Å². The molecule has 8 N–H and O–H groups in total. The number of hydrogen-bond donors (Lipinski definition) is 6. The second-order valence-electron chi connectivity index (χ2n) is 16.9. The van der Waals surface area contributed by atoms with Gasteiger partial charge in [-0.1, -0.05) is 33.8 Å². The molecule has 4 amide bonds. The van der Waals surface area contributed by atoms with Crippen molar-refractivity contribution < 1.29 is 81.0 Å². The van der Waals surface area contributed by atoms with Crippen LogP contribution in [0.5, 0.6) is 0 Å². The number of carbonyl (C=O) groups excluding carboxylic acids is 6. The van der Waals surface area contributed by atoms with E-state index >= 15 is 0 Å². The SMILES string of the molecule is CCO/N=C(\C(N)=O)c1nsc(NP(=O)(O)OP(=O)(O)Nc2nc(/C(=N/OCC)C(N)=O)ns2)n1.C[n+]1ccc(-c2csc(SC3=C(C(=O)[O-])N4C(=O)C[C@H]4SC3)n2)cc1.C[n+]1ccc(-c2csc(SC3=C(C(=O)[O-])N4C(=O)C[C@H]4SC3)n2)cc1. The molecule has 4 aliphatic heterocycles. The van der Waals surface area contributed by atoms with Crippen LogP contribution < -0.4 is 41.0 Å². The van der Waals surface area contributed by atoms with Gasteiger partial charge in [0.05, 0.1) is 58.3 Å². The molecule has 2 saturated heterocycles. The van der Waals surface area contributed by atoms with Gasteiger partial charge in [-0.2, -0.15) is 23.0 Å². The molecular weight excluding hydrogens is 1310 g/mol. The Hall–Kier alpha value is -6.74. The van der Waals surface area contributed by atoms with Gasteiger partial charge in [-0.3, -0.25) is 39.2 Å². The summed E-state index contributed by atoms with van der Waals surface area (Å²) < 4.78 is 41.9. The van der Waals surface area contributed by atoms with Crippen molar-refractivity contribution in [2.75, 3.05) is 34.9 Å². The number of hydrogen-bond acceptors (Lipinski definition) is 29. The number of amides is 4. The molecule has 448 valence electrons. The lowest BCUT2D eigenvalue weighted by molar-refractivity contribution is -0.671. The van der Waals surface area contributed by atoms with Crippen LogP contribution >= 0.6 is 108 Å². The van der Waals surface area contributed by atoms with Crippen LogP contribution in [0.25, 0.3) is 22.5 Å². The van der Waals surface area contributed by atoms with Crippen molar-refractivity contribution in [1.29, 1.82) is 0 Å². The predicted octanol–water partition coefficient (Wildman–Crippen LogP) is 1.57. The number of rotatable bonds is 22. The topological polar surface area (TPSA) is 443 Å². The Morgan fingerprint density at radius 1 is 0.694 bits per heavy atom. The van der Waals surface area contributed by atoms with E-state index < -0.39 is 50.7 Å². The largest absolute Gasteiger partial charge is 0.543 e. The van der Waals surface area contributed by atoms with Crippen molar-refractivity contribution in [2.45, 2.75) is 46.1 Å². The number of thiazole rings is 2. The molecule has 0 spiro atoms. The second kappa shape index (κ2) is 28.2. The zero-order chi connectivity index (χ0) is 61.3. The number of carboxylic acids is 2. The summed E-state index contributed by atoms with van der Waals surface area (Å²) in [5.74, 6) is -4.53. The highest BCUT2D eigenvalue weighted by Gasteiger charge is 2.45. The highest BCUT2D eigenvalue weighted by molar-refractivity contribution is 8.07. The molecule has 0 saturated carbocycles. The van der Waals surface area contributed by atoms with E-state index in [1.54, 1.807) is 37.4 Å². The molecule has 10 rings (SSSR count). The summed E-state index contributed by atoms with van der Waals surface area (Å²) in [5.41, 5.74) is 13.1. The van der Waals surface area contributed by atoms with Gasteiger partial charge in [0, 0.05) is 90.5 Å². The first-order valence-corrected chi connectivity index (χ1v) is 34.2. The number of primary amides is 2. The van der Waals surface area contributed by atoms with Gasteiger partial charge in [-0.05, 0) is 13.8 Å². The normalized spacial score (nSPS) is 18.0. The van der Waals surface area contributed by atoms with E-state index in [1.807, 2.05) is 93.2 Å². The van der Waals surface area contributed by atoms with Crippen LogP contribution in [0.1, 0.15) is 38.3 Å². The number of β-lactam (4-membered cyclic amide) rings is 2. The minimum atomic E-state index is -5.04. The molecule has 85 heavy (non-hydrogen) atoms. The molecule has 4 aliphatic rings. The number of nitrogens with two attached hydrogens (primary N) is 2. The van der Waals surface area contributed by atoms with Gasteiger partial charge in [0.15, 0.2) is 33.5 Å². The summed E-state index contributed by atoms with van der Waals surface area (Å²) in [6.07, 6.45) is 8.59. The third kappa shape index (κ3) is 16.4. The molecule has 0 radical (unpaired) electrons. The number of aryl methyl sites for hydroxylation is 2. The lowest BCUT2D eigenvalue weighted by atomic mass is 10.1. The molecule has 4 atom stereocenters. The Kier molecular flexibility index (Phi) is 21.3. The molecule has 41 heteroatoms. The number of anilines is 2. The maximum Gasteiger partial charge on any atom is 0.440 e. The summed E-state index contributed by atoms with van der Waals surface area (Å²) in [4.78, 5) is 119. The van der Waals surface area contributed by atoms with Crippen LogP contribution in [0, 0.1) is 0 Å². The molecule has 2 unspecified atom stereocenters. The average molecular weight is 1360 g/mol. The van der Waals surface area contributed by atoms with Gasteiger partial charge < -0.3 is 50.7 Å². The number of aliphatic carboxylic acids is 2. The number of carbonyl (C=O) groups is 6. The highest BCUT2D eigenvalue weighted by atomic mass is 32.2. The van der Waals surface area contributed by atoms with Gasteiger partial charge in [-0.25, -0.2) is 28.2 Å². The van der Waals surface area contributed by atoms with Crippen LogP contribution in [0.15, 0.2) is 100 Å². The number of carboxylic acid groups (broad SMARTS) is 2. The maximum absolute atomic E-state index is 12.3. The number of nitrogens with zero attached hydrogens (tertiary/aromatic N) is 12. The first kappa shape index (κ1) is 64.3. The smallest absolute Gasteiger partial charge is 0.440 e. The fourth-order valence-corrected chi connectivity index (χ4v) is 17.9. The van der Waals surface area contributed by atoms with Gasteiger partial charge in [0.1, 0.15) is 27.3 Å². The molecule has 0 aromatic carbocycles. The minimum absolute atomic E-state index is 0.00786. The van der Waals surface area contributed by atoms with E-state index in [2.05, 4.69) is 43.3 Å². The van der Waals surface area contributed by atoms with Crippen LogP contribution in [-0.4, -0.2) is 131 Å². The summed E-state index contributed by atoms with van der Waals surface area (Å²) >= 11 is 9.68. The molecule has 0 aliphatic carbocycles. The number of aromatic nitrogens is 8. The molecule has 6 aromatic rings. The third-order valence-corrected chi connectivity index (χ3v) is 22.1. The molecule has 6 aromatic heterocycles. The summed E-state index contributed by atoms with van der Waals surface area (Å²) in [7, 11) is -6.19. The van der Waals surface area contributed by atoms with E-state index in [9.17, 15) is 57.9 Å². The van der Waals surface area contributed by atoms with Crippen LogP contribution in [0.2, 0.25) is 0 Å². The van der Waals surface area contributed by atoms with Crippen molar-refractivity contribution in [2.24, 2.45) is 35.9 Å². The Morgan fingerprint density at radius 3 is 1.40 bits per heavy atom. The standard InChI is InChI=1S/2C16H13N3O3S3.C12H18N10O9P2S2/c2*1-18-4-2-9(3-5-18)10-7-24-16(17-10)25-11-8-23-13-6-12(20)19(13)14(11)15(21)22;1-3-29-17-5(7(13)23)9-15-11(34-21-9)19-32(25,26)31-33(27,28)20-12-16-10(22-35-12)6(8(14)24)18-30-4-2/h2*2-5,7,13H,6,8H2,1H3;3-4H2,1-2H3,(H2,13,23)(H2,14,24)(H2,15,19,21,25,26)(H2,16,20,22,27,28)/b;;17-5+,18-6+/t2*13-;/m11./s1. The van der Waals surface area contributed by atoms with Gasteiger partial charge in [-0.15, -0.1) is 46.2 Å². The zero-order valence-electron chi connectivity index (χ0n) is 44.1. The summed E-state index contributed by atoms with van der Waals surface area (Å²) in [6.45, 7) is 3.42. The Morgan fingerprint density at radius 2 is 1.07 bits per heavy atom. The number of pyridine rings is 2. The van der Waals surface area contributed by atoms with E-state index in [-0.39, 0.29) is 69.1 Å². The fourth-order valence-electron chi connectivity index (χ4n) is 7.15. The Bertz CT molecular complexity index is 3540.